The minimum atomic E-state index is -2.67. The Bertz CT molecular complexity index is 510. The Kier molecular flexibility index (Phi) is 2.73. The first-order valence-corrected chi connectivity index (χ1v) is 6.41. The second kappa shape index (κ2) is 4.18. The van der Waals surface area contributed by atoms with Gasteiger partial charge in [-0.2, -0.15) is 0 Å². The fourth-order valence-electron chi connectivity index (χ4n) is 2.65. The molecule has 0 spiro atoms. The molecule has 0 N–H and O–H groups in total. The second-order valence-electron chi connectivity index (χ2n) is 5.31. The predicted molar refractivity (Wildman–Crippen MR) is 66.6 cm³/mol. The molecule has 2 aliphatic rings. The quantitative estimate of drug-likeness (QED) is 0.783. The van der Waals surface area contributed by atoms with Gasteiger partial charge in [0.2, 0.25) is 11.8 Å². The molecule has 0 saturated heterocycles. The van der Waals surface area contributed by atoms with Gasteiger partial charge < -0.3 is 9.64 Å². The first-order valence-electron chi connectivity index (χ1n) is 6.41. The zero-order chi connectivity index (χ0) is 13.6. The van der Waals surface area contributed by atoms with E-state index in [9.17, 15) is 13.6 Å². The summed E-state index contributed by atoms with van der Waals surface area (Å²) < 4.78 is 31.4. The Morgan fingerprint density at radius 1 is 1.37 bits per heavy atom. The molecule has 0 aromatic heterocycles. The number of benzene rings is 1. The number of anilines is 1. The van der Waals surface area contributed by atoms with E-state index in [-0.39, 0.29) is 24.9 Å². The van der Waals surface area contributed by atoms with Gasteiger partial charge in [0.1, 0.15) is 11.9 Å². The van der Waals surface area contributed by atoms with E-state index in [1.807, 2.05) is 19.1 Å². The van der Waals surface area contributed by atoms with Crippen LogP contribution in [-0.4, -0.2) is 24.5 Å². The molecule has 5 heteroatoms. The lowest BCUT2D eigenvalue weighted by Crippen LogP contribution is -2.50. The van der Waals surface area contributed by atoms with E-state index in [2.05, 4.69) is 0 Å². The number of halogens is 2. The molecule has 1 aromatic carbocycles. The second-order valence-corrected chi connectivity index (χ2v) is 5.31. The van der Waals surface area contributed by atoms with Crippen molar-refractivity contribution < 1.29 is 18.3 Å². The summed E-state index contributed by atoms with van der Waals surface area (Å²) in [5.74, 6) is -2.81. The molecule has 0 radical (unpaired) electrons. The molecule has 1 aliphatic carbocycles. The number of rotatable bonds is 1. The van der Waals surface area contributed by atoms with Crippen LogP contribution in [0.15, 0.2) is 24.3 Å². The summed E-state index contributed by atoms with van der Waals surface area (Å²) in [6, 6.07) is 7.22. The highest BCUT2D eigenvalue weighted by molar-refractivity contribution is 5.97. The molecular formula is C14H15F2NO2. The number of hydrogen-bond donors (Lipinski definition) is 0. The monoisotopic (exact) mass is 267 g/mol. The summed E-state index contributed by atoms with van der Waals surface area (Å²) in [4.78, 5) is 13.9. The third-order valence-electron chi connectivity index (χ3n) is 3.63. The van der Waals surface area contributed by atoms with Crippen LogP contribution in [0.1, 0.15) is 19.8 Å². The van der Waals surface area contributed by atoms with Crippen LogP contribution in [0, 0.1) is 5.92 Å². The molecule has 1 unspecified atom stereocenters. The minimum absolute atomic E-state index is 0.126. The van der Waals surface area contributed by atoms with E-state index in [4.69, 9.17) is 4.74 Å². The molecular weight excluding hydrogens is 252 g/mol. The lowest BCUT2D eigenvalue weighted by molar-refractivity contribution is -0.148. The molecule has 3 nitrogen and oxygen atoms in total. The topological polar surface area (TPSA) is 29.5 Å². The van der Waals surface area contributed by atoms with Crippen LogP contribution in [0.5, 0.6) is 5.75 Å². The number of fused-ring (bicyclic) bond motifs is 1. The van der Waals surface area contributed by atoms with Crippen LogP contribution in [-0.2, 0) is 4.79 Å². The van der Waals surface area contributed by atoms with Gasteiger partial charge in [-0.05, 0) is 19.1 Å². The molecule has 1 atom stereocenters. The number of para-hydroxylation sites is 2. The third kappa shape index (κ3) is 2.17. The van der Waals surface area contributed by atoms with Crippen LogP contribution in [0.4, 0.5) is 14.5 Å². The Balaban J connectivity index is 1.83. The van der Waals surface area contributed by atoms with Gasteiger partial charge in [-0.25, -0.2) is 8.78 Å². The summed E-state index contributed by atoms with van der Waals surface area (Å²) in [5, 5.41) is 0. The minimum Gasteiger partial charge on any atom is -0.487 e. The highest BCUT2D eigenvalue weighted by Gasteiger charge is 2.50. The van der Waals surface area contributed by atoms with Crippen molar-refractivity contribution in [3.8, 4) is 5.75 Å². The Labute approximate surface area is 110 Å². The first-order chi connectivity index (χ1) is 8.96. The van der Waals surface area contributed by atoms with Gasteiger partial charge in [0.15, 0.2) is 0 Å². The SMILES string of the molecule is CC1CN(C(=O)C2CC(F)(F)C2)c2ccccc2O1. The van der Waals surface area contributed by atoms with E-state index in [0.717, 1.165) is 0 Å². The summed E-state index contributed by atoms with van der Waals surface area (Å²) >= 11 is 0. The molecule has 3 rings (SSSR count). The molecule has 1 aromatic rings. The number of hydrogen-bond acceptors (Lipinski definition) is 2. The molecule has 102 valence electrons. The first kappa shape index (κ1) is 12.4. The number of carbonyl (C=O) groups is 1. The van der Waals surface area contributed by atoms with Crippen LogP contribution < -0.4 is 9.64 Å². The highest BCUT2D eigenvalue weighted by atomic mass is 19.3. The van der Waals surface area contributed by atoms with E-state index in [1.54, 1.807) is 17.0 Å². The highest BCUT2D eigenvalue weighted by Crippen LogP contribution is 2.44. The van der Waals surface area contributed by atoms with Crippen LogP contribution in [0.2, 0.25) is 0 Å². The Morgan fingerprint density at radius 3 is 2.74 bits per heavy atom. The smallest absolute Gasteiger partial charge is 0.249 e. The summed E-state index contributed by atoms with van der Waals surface area (Å²) in [7, 11) is 0. The molecule has 1 fully saturated rings. The molecule has 1 heterocycles. The van der Waals surface area contributed by atoms with E-state index in [0.29, 0.717) is 18.0 Å². The van der Waals surface area contributed by atoms with Crippen molar-refractivity contribution in [1.29, 1.82) is 0 Å². The van der Waals surface area contributed by atoms with Gasteiger partial charge in [0, 0.05) is 18.8 Å². The molecule has 1 amide bonds. The fourth-order valence-corrected chi connectivity index (χ4v) is 2.65. The van der Waals surface area contributed by atoms with Gasteiger partial charge in [0.05, 0.1) is 12.2 Å². The van der Waals surface area contributed by atoms with Crippen molar-refractivity contribution in [2.75, 3.05) is 11.4 Å². The average Bonchev–Trinajstić information content (AvgIpc) is 2.34. The van der Waals surface area contributed by atoms with Crippen LogP contribution in [0.3, 0.4) is 0 Å². The number of ether oxygens (including phenoxy) is 1. The molecule has 0 bridgehead atoms. The van der Waals surface area contributed by atoms with Gasteiger partial charge in [-0.1, -0.05) is 12.1 Å². The summed E-state index contributed by atoms with van der Waals surface area (Å²) in [6.45, 7) is 2.28. The zero-order valence-corrected chi connectivity index (χ0v) is 10.6. The molecule has 1 aliphatic heterocycles. The van der Waals surface area contributed by atoms with Crippen molar-refractivity contribution in [2.24, 2.45) is 5.92 Å². The van der Waals surface area contributed by atoms with Gasteiger partial charge in [-0.3, -0.25) is 4.79 Å². The van der Waals surface area contributed by atoms with Crippen molar-refractivity contribution in [1.82, 2.24) is 0 Å². The van der Waals surface area contributed by atoms with Crippen molar-refractivity contribution >= 4 is 11.6 Å². The lowest BCUT2D eigenvalue weighted by atomic mass is 9.80. The number of amides is 1. The van der Waals surface area contributed by atoms with Crippen LogP contribution in [0.25, 0.3) is 0 Å². The lowest BCUT2D eigenvalue weighted by Gasteiger charge is -2.40. The largest absolute Gasteiger partial charge is 0.487 e. The van der Waals surface area contributed by atoms with Crippen molar-refractivity contribution in [2.45, 2.75) is 31.8 Å². The van der Waals surface area contributed by atoms with E-state index < -0.39 is 11.8 Å². The summed E-state index contributed by atoms with van der Waals surface area (Å²) in [5.41, 5.74) is 0.681. The maximum atomic E-state index is 12.9. The van der Waals surface area contributed by atoms with Gasteiger partial charge in [0.25, 0.3) is 0 Å². The zero-order valence-electron chi connectivity index (χ0n) is 10.6. The van der Waals surface area contributed by atoms with E-state index >= 15 is 0 Å². The Hall–Kier alpha value is -1.65. The van der Waals surface area contributed by atoms with E-state index in [1.165, 1.54) is 0 Å². The third-order valence-corrected chi connectivity index (χ3v) is 3.63. The van der Waals surface area contributed by atoms with Crippen molar-refractivity contribution in [3.63, 3.8) is 0 Å². The average molecular weight is 267 g/mol. The predicted octanol–water partition coefficient (Wildman–Crippen LogP) is 2.85. The normalized spacial score (nSPS) is 25.2. The maximum Gasteiger partial charge on any atom is 0.249 e. The van der Waals surface area contributed by atoms with Gasteiger partial charge >= 0.3 is 0 Å². The molecule has 19 heavy (non-hydrogen) atoms. The maximum absolute atomic E-state index is 12.9. The fraction of sp³-hybridized carbons (Fsp3) is 0.500. The number of nitrogens with zero attached hydrogens (tertiary/aromatic N) is 1. The van der Waals surface area contributed by atoms with Crippen LogP contribution >= 0.6 is 0 Å². The molecule has 1 saturated carbocycles. The number of carbonyl (C=O) groups excluding carboxylic acids is 1. The van der Waals surface area contributed by atoms with Gasteiger partial charge in [-0.15, -0.1) is 0 Å². The Morgan fingerprint density at radius 2 is 2.05 bits per heavy atom. The standard InChI is InChI=1S/C14H15F2NO2/c1-9-8-17(11-4-2-3-5-12(11)19-9)13(18)10-6-14(15,16)7-10/h2-5,9-10H,6-8H2,1H3. The van der Waals surface area contributed by atoms with Crippen molar-refractivity contribution in [3.05, 3.63) is 24.3 Å². The summed E-state index contributed by atoms with van der Waals surface area (Å²) in [6.07, 6.45) is -0.793. The number of alkyl halides is 2.